The maximum Gasteiger partial charge on any atom is 0.256 e. The molecule has 1 atom stereocenters. The smallest absolute Gasteiger partial charge is 0.256 e. The second kappa shape index (κ2) is 6.10. The van der Waals surface area contributed by atoms with Gasteiger partial charge in [0.1, 0.15) is 0 Å². The van der Waals surface area contributed by atoms with E-state index in [0.717, 1.165) is 43.2 Å². The van der Waals surface area contributed by atoms with E-state index in [1.807, 2.05) is 11.0 Å². The Labute approximate surface area is 143 Å². The monoisotopic (exact) mass is 332 g/mol. The standard InChI is InChI=1S/C19H25ClN2O/c1-12(14-4-6-21-7-5-14)15-8-16-11-22(10-13-2-3-13)19(23)18(16)17(20)9-15/h8-9,12-14,21H,2-7,10-11H2,1H3. The van der Waals surface area contributed by atoms with E-state index in [-0.39, 0.29) is 5.91 Å². The number of amides is 1. The Morgan fingerprint density at radius 2 is 2.00 bits per heavy atom. The van der Waals surface area contributed by atoms with Gasteiger partial charge in [-0.25, -0.2) is 0 Å². The van der Waals surface area contributed by atoms with Gasteiger partial charge in [-0.15, -0.1) is 0 Å². The van der Waals surface area contributed by atoms with E-state index in [1.165, 1.54) is 31.2 Å². The van der Waals surface area contributed by atoms with Gasteiger partial charge in [0.05, 0.1) is 10.6 Å². The van der Waals surface area contributed by atoms with Crippen molar-refractivity contribution < 1.29 is 4.79 Å². The molecule has 0 aromatic heterocycles. The first-order valence-corrected chi connectivity index (χ1v) is 9.33. The van der Waals surface area contributed by atoms with E-state index in [9.17, 15) is 4.79 Å². The molecule has 0 radical (unpaired) electrons. The molecule has 2 fully saturated rings. The fourth-order valence-corrected chi connectivity index (χ4v) is 4.45. The number of benzene rings is 1. The minimum atomic E-state index is 0.137. The predicted molar refractivity (Wildman–Crippen MR) is 92.9 cm³/mol. The summed E-state index contributed by atoms with van der Waals surface area (Å²) in [5.41, 5.74) is 3.20. The minimum absolute atomic E-state index is 0.137. The molecule has 124 valence electrons. The minimum Gasteiger partial charge on any atom is -0.334 e. The van der Waals surface area contributed by atoms with E-state index >= 15 is 0 Å². The predicted octanol–water partition coefficient (Wildman–Crippen LogP) is 3.81. The largest absolute Gasteiger partial charge is 0.334 e. The van der Waals surface area contributed by atoms with Crippen molar-refractivity contribution in [3.05, 3.63) is 33.8 Å². The summed E-state index contributed by atoms with van der Waals surface area (Å²) >= 11 is 6.51. The van der Waals surface area contributed by atoms with Crippen LogP contribution in [-0.2, 0) is 6.54 Å². The van der Waals surface area contributed by atoms with Gasteiger partial charge >= 0.3 is 0 Å². The third-order valence-electron chi connectivity index (χ3n) is 5.85. The quantitative estimate of drug-likeness (QED) is 0.909. The van der Waals surface area contributed by atoms with Crippen molar-refractivity contribution >= 4 is 17.5 Å². The number of hydrogen-bond acceptors (Lipinski definition) is 2. The topological polar surface area (TPSA) is 32.3 Å². The van der Waals surface area contributed by atoms with Crippen molar-refractivity contribution in [1.29, 1.82) is 0 Å². The zero-order chi connectivity index (χ0) is 16.0. The summed E-state index contributed by atoms with van der Waals surface area (Å²) in [7, 11) is 0. The van der Waals surface area contributed by atoms with Crippen LogP contribution in [0, 0.1) is 11.8 Å². The number of halogens is 1. The van der Waals surface area contributed by atoms with Gasteiger partial charge in [-0.1, -0.05) is 24.6 Å². The molecule has 1 unspecified atom stereocenters. The number of rotatable bonds is 4. The van der Waals surface area contributed by atoms with E-state index in [0.29, 0.717) is 16.9 Å². The summed E-state index contributed by atoms with van der Waals surface area (Å²) in [6.45, 7) is 6.19. The molecule has 2 aliphatic heterocycles. The number of fused-ring (bicyclic) bond motifs is 1. The zero-order valence-electron chi connectivity index (χ0n) is 13.8. The molecule has 4 rings (SSSR count). The summed E-state index contributed by atoms with van der Waals surface area (Å²) in [6, 6.07) is 4.30. The first-order chi connectivity index (χ1) is 11.1. The molecular formula is C19H25ClN2O. The van der Waals surface area contributed by atoms with Gasteiger partial charge in [-0.2, -0.15) is 0 Å². The van der Waals surface area contributed by atoms with Crippen LogP contribution in [0.15, 0.2) is 12.1 Å². The first kappa shape index (κ1) is 15.5. The van der Waals surface area contributed by atoms with Crippen molar-refractivity contribution in [2.24, 2.45) is 11.8 Å². The number of piperidine rings is 1. The summed E-state index contributed by atoms with van der Waals surface area (Å²) in [4.78, 5) is 14.6. The van der Waals surface area contributed by atoms with Gasteiger partial charge in [0.15, 0.2) is 0 Å². The molecule has 4 heteroatoms. The molecule has 1 aromatic rings. The highest BCUT2D eigenvalue weighted by Crippen LogP contribution is 2.38. The molecule has 1 amide bonds. The Morgan fingerprint density at radius 3 is 2.70 bits per heavy atom. The molecule has 23 heavy (non-hydrogen) atoms. The lowest BCUT2D eigenvalue weighted by atomic mass is 9.81. The molecule has 3 nitrogen and oxygen atoms in total. The van der Waals surface area contributed by atoms with Gasteiger partial charge in [0, 0.05) is 13.1 Å². The zero-order valence-corrected chi connectivity index (χ0v) is 14.5. The van der Waals surface area contributed by atoms with Crippen LogP contribution in [0.3, 0.4) is 0 Å². The fourth-order valence-electron chi connectivity index (χ4n) is 4.13. The molecule has 0 spiro atoms. The van der Waals surface area contributed by atoms with Crippen LogP contribution in [0.2, 0.25) is 5.02 Å². The molecule has 1 saturated heterocycles. The van der Waals surface area contributed by atoms with Crippen LogP contribution >= 0.6 is 11.6 Å². The lowest BCUT2D eigenvalue weighted by molar-refractivity contribution is 0.0771. The number of nitrogens with one attached hydrogen (secondary N) is 1. The lowest BCUT2D eigenvalue weighted by Gasteiger charge is -2.29. The number of hydrogen-bond donors (Lipinski definition) is 1. The highest BCUT2D eigenvalue weighted by Gasteiger charge is 2.35. The molecule has 1 aromatic carbocycles. The third-order valence-corrected chi connectivity index (χ3v) is 6.15. The van der Waals surface area contributed by atoms with E-state index < -0.39 is 0 Å². The van der Waals surface area contributed by atoms with E-state index in [4.69, 9.17) is 11.6 Å². The molecule has 1 saturated carbocycles. The lowest BCUT2D eigenvalue weighted by Crippen LogP contribution is -2.30. The maximum atomic E-state index is 12.6. The molecule has 3 aliphatic rings. The van der Waals surface area contributed by atoms with Crippen LogP contribution in [0.1, 0.15) is 60.0 Å². The van der Waals surface area contributed by atoms with Crippen molar-refractivity contribution in [2.45, 2.75) is 45.1 Å². The van der Waals surface area contributed by atoms with Gasteiger partial charge in [-0.3, -0.25) is 4.79 Å². The van der Waals surface area contributed by atoms with Gasteiger partial charge in [0.25, 0.3) is 5.91 Å². The second-order valence-electron chi connectivity index (χ2n) is 7.54. The Morgan fingerprint density at radius 1 is 1.26 bits per heavy atom. The summed E-state index contributed by atoms with van der Waals surface area (Å²) in [6.07, 6.45) is 4.99. The van der Waals surface area contributed by atoms with Crippen molar-refractivity contribution in [1.82, 2.24) is 10.2 Å². The second-order valence-corrected chi connectivity index (χ2v) is 7.95. The van der Waals surface area contributed by atoms with Crippen LogP contribution in [0.5, 0.6) is 0 Å². The fraction of sp³-hybridized carbons (Fsp3) is 0.632. The Balaban J connectivity index is 1.57. The summed E-state index contributed by atoms with van der Waals surface area (Å²) < 4.78 is 0. The van der Waals surface area contributed by atoms with Crippen molar-refractivity contribution in [3.63, 3.8) is 0 Å². The van der Waals surface area contributed by atoms with Gasteiger partial charge in [0.2, 0.25) is 0 Å². The Kier molecular flexibility index (Phi) is 4.10. The summed E-state index contributed by atoms with van der Waals surface area (Å²) in [5, 5.41) is 4.09. The van der Waals surface area contributed by atoms with E-state index in [2.05, 4.69) is 18.3 Å². The van der Waals surface area contributed by atoms with Crippen LogP contribution in [-0.4, -0.2) is 30.4 Å². The number of carbonyl (C=O) groups is 1. The first-order valence-electron chi connectivity index (χ1n) is 8.96. The average molecular weight is 333 g/mol. The van der Waals surface area contributed by atoms with E-state index in [1.54, 1.807) is 0 Å². The Hall–Kier alpha value is -1.06. The van der Waals surface area contributed by atoms with Crippen molar-refractivity contribution in [2.75, 3.05) is 19.6 Å². The maximum absolute atomic E-state index is 12.6. The van der Waals surface area contributed by atoms with Crippen molar-refractivity contribution in [3.8, 4) is 0 Å². The van der Waals surface area contributed by atoms with Gasteiger partial charge < -0.3 is 10.2 Å². The molecule has 1 N–H and O–H groups in total. The summed E-state index contributed by atoms with van der Waals surface area (Å²) in [5.74, 6) is 2.08. The molecule has 1 aliphatic carbocycles. The van der Waals surface area contributed by atoms with Crippen LogP contribution < -0.4 is 5.32 Å². The number of nitrogens with zero attached hydrogens (tertiary/aromatic N) is 1. The normalized spacial score (nSPS) is 23.2. The molecular weight excluding hydrogens is 308 g/mol. The number of carbonyl (C=O) groups excluding carboxylic acids is 1. The highest BCUT2D eigenvalue weighted by molar-refractivity contribution is 6.34. The van der Waals surface area contributed by atoms with Crippen LogP contribution in [0.4, 0.5) is 0 Å². The Bertz CT molecular complexity index is 620. The average Bonchev–Trinajstić information content (AvgIpc) is 3.31. The highest BCUT2D eigenvalue weighted by atomic mass is 35.5. The third kappa shape index (κ3) is 3.01. The van der Waals surface area contributed by atoms with Gasteiger partial charge in [-0.05, 0) is 73.7 Å². The van der Waals surface area contributed by atoms with Crippen LogP contribution in [0.25, 0.3) is 0 Å². The molecule has 2 heterocycles. The SMILES string of the molecule is CC(c1cc(Cl)c2c(c1)CN(CC1CC1)C2=O)C1CCNCC1. The molecule has 0 bridgehead atoms.